The van der Waals surface area contributed by atoms with Crippen LogP contribution in [0.25, 0.3) is 0 Å². The smallest absolute Gasteiger partial charge is 0.0863 e. The number of rotatable bonds is 10. The Hall–Kier alpha value is -0.580. The number of hydrogen-bond acceptors (Lipinski definition) is 3. The molecule has 0 unspecified atom stereocenters. The maximum atomic E-state index is 6.35. The summed E-state index contributed by atoms with van der Waals surface area (Å²) in [5, 5.41) is 8.69. The first-order chi connectivity index (χ1) is 9.60. The van der Waals surface area contributed by atoms with Crippen LogP contribution in [0.15, 0.2) is 0 Å². The third-order valence-electron chi connectivity index (χ3n) is 3.25. The Morgan fingerprint density at radius 2 is 2.05 bits per heavy atom. The van der Waals surface area contributed by atoms with Gasteiger partial charge < -0.3 is 10.1 Å². The van der Waals surface area contributed by atoms with Crippen molar-refractivity contribution in [3.05, 3.63) is 16.4 Å². The van der Waals surface area contributed by atoms with Crippen LogP contribution in [-0.2, 0) is 24.2 Å². The van der Waals surface area contributed by atoms with Crippen molar-refractivity contribution < 1.29 is 4.74 Å². The van der Waals surface area contributed by atoms with E-state index in [1.807, 2.05) is 4.68 Å². The van der Waals surface area contributed by atoms with E-state index >= 15 is 0 Å². The normalized spacial score (nSPS) is 11.5. The van der Waals surface area contributed by atoms with Crippen LogP contribution in [0.3, 0.4) is 0 Å². The Bertz CT molecular complexity index is 391. The summed E-state index contributed by atoms with van der Waals surface area (Å²) in [4.78, 5) is 0. The van der Waals surface area contributed by atoms with E-state index in [9.17, 15) is 0 Å². The van der Waals surface area contributed by atoms with Crippen molar-refractivity contribution in [2.45, 2.75) is 53.6 Å². The summed E-state index contributed by atoms with van der Waals surface area (Å²) in [7, 11) is 0. The molecule has 20 heavy (non-hydrogen) atoms. The highest BCUT2D eigenvalue weighted by molar-refractivity contribution is 6.31. The summed E-state index contributed by atoms with van der Waals surface area (Å²) in [5.74, 6) is 0.702. The maximum Gasteiger partial charge on any atom is 0.0863 e. The molecular formula is C15H28ClN3O. The highest BCUT2D eigenvalue weighted by Crippen LogP contribution is 2.21. The molecule has 0 aliphatic rings. The van der Waals surface area contributed by atoms with Crippen molar-refractivity contribution >= 4 is 11.6 Å². The number of aromatic nitrogens is 2. The van der Waals surface area contributed by atoms with Gasteiger partial charge in [-0.25, -0.2) is 0 Å². The lowest BCUT2D eigenvalue weighted by Crippen LogP contribution is -2.21. The van der Waals surface area contributed by atoms with Crippen LogP contribution in [0.2, 0.25) is 5.02 Å². The van der Waals surface area contributed by atoms with E-state index in [1.165, 1.54) is 0 Å². The third-order valence-corrected chi connectivity index (χ3v) is 3.69. The van der Waals surface area contributed by atoms with Gasteiger partial charge in [-0.05, 0) is 25.7 Å². The molecule has 0 spiro atoms. The number of halogens is 1. The quantitative estimate of drug-likeness (QED) is 0.674. The van der Waals surface area contributed by atoms with Gasteiger partial charge >= 0.3 is 0 Å². The molecule has 0 bridgehead atoms. The van der Waals surface area contributed by atoms with Gasteiger partial charge in [-0.1, -0.05) is 32.4 Å². The van der Waals surface area contributed by atoms with Crippen LogP contribution in [0.1, 0.15) is 45.5 Å². The Kier molecular flexibility index (Phi) is 8.19. The maximum absolute atomic E-state index is 6.35. The predicted molar refractivity (Wildman–Crippen MR) is 84.3 cm³/mol. The van der Waals surface area contributed by atoms with Crippen molar-refractivity contribution in [1.82, 2.24) is 15.1 Å². The highest BCUT2D eigenvalue weighted by atomic mass is 35.5. The molecule has 0 amide bonds. The molecule has 0 aromatic carbocycles. The molecular weight excluding hydrogens is 274 g/mol. The minimum atomic E-state index is 0.702. The molecule has 4 nitrogen and oxygen atoms in total. The molecule has 0 atom stereocenters. The molecule has 0 aliphatic carbocycles. The molecule has 0 aliphatic heterocycles. The van der Waals surface area contributed by atoms with Gasteiger partial charge in [0.15, 0.2) is 0 Å². The summed E-state index contributed by atoms with van der Waals surface area (Å²) in [5.41, 5.74) is 2.06. The van der Waals surface area contributed by atoms with Gasteiger partial charge in [0, 0.05) is 26.2 Å². The number of nitrogens with zero attached hydrogens (tertiary/aromatic N) is 2. The fraction of sp³-hybridized carbons (Fsp3) is 0.800. The zero-order chi connectivity index (χ0) is 15.0. The number of hydrogen-bond donors (Lipinski definition) is 1. The van der Waals surface area contributed by atoms with E-state index in [2.05, 4.69) is 38.1 Å². The third kappa shape index (κ3) is 5.43. The molecule has 1 N–H and O–H groups in total. The van der Waals surface area contributed by atoms with Crippen molar-refractivity contribution in [3.8, 4) is 0 Å². The molecule has 116 valence electrons. The number of nitrogens with one attached hydrogen (secondary N) is 1. The lowest BCUT2D eigenvalue weighted by atomic mass is 10.1. The van der Waals surface area contributed by atoms with E-state index in [0.29, 0.717) is 5.92 Å². The lowest BCUT2D eigenvalue weighted by Gasteiger charge is -2.09. The zero-order valence-corrected chi connectivity index (χ0v) is 14.0. The van der Waals surface area contributed by atoms with Crippen LogP contribution in [-0.4, -0.2) is 29.5 Å². The predicted octanol–water partition coefficient (Wildman–Crippen LogP) is 3.27. The number of aryl methyl sites for hydroxylation is 2. The fourth-order valence-corrected chi connectivity index (χ4v) is 2.29. The van der Waals surface area contributed by atoms with Crippen LogP contribution in [0.4, 0.5) is 0 Å². The van der Waals surface area contributed by atoms with Crippen LogP contribution in [0, 0.1) is 5.92 Å². The van der Waals surface area contributed by atoms with Crippen LogP contribution >= 0.6 is 11.6 Å². The van der Waals surface area contributed by atoms with Gasteiger partial charge in [-0.2, -0.15) is 5.10 Å². The lowest BCUT2D eigenvalue weighted by molar-refractivity contribution is 0.125. The molecule has 1 heterocycles. The average Bonchev–Trinajstić information content (AvgIpc) is 2.73. The summed E-state index contributed by atoms with van der Waals surface area (Å²) < 4.78 is 7.56. The van der Waals surface area contributed by atoms with E-state index in [1.54, 1.807) is 0 Å². The van der Waals surface area contributed by atoms with Crippen molar-refractivity contribution in [1.29, 1.82) is 0 Å². The minimum absolute atomic E-state index is 0.702. The first-order valence-corrected chi connectivity index (χ1v) is 8.00. The monoisotopic (exact) mass is 301 g/mol. The largest absolute Gasteiger partial charge is 0.380 e. The zero-order valence-electron chi connectivity index (χ0n) is 13.2. The van der Waals surface area contributed by atoms with E-state index < -0.39 is 0 Å². The second-order valence-electron chi connectivity index (χ2n) is 5.35. The Morgan fingerprint density at radius 1 is 1.30 bits per heavy atom. The molecule has 1 aromatic rings. The number of ether oxygens (including phenoxy) is 1. The van der Waals surface area contributed by atoms with Gasteiger partial charge in [0.25, 0.3) is 0 Å². The van der Waals surface area contributed by atoms with Gasteiger partial charge in [0.2, 0.25) is 0 Å². The first kappa shape index (κ1) is 17.5. The van der Waals surface area contributed by atoms with Gasteiger partial charge in [0.05, 0.1) is 23.0 Å². The first-order valence-electron chi connectivity index (χ1n) is 7.62. The van der Waals surface area contributed by atoms with E-state index in [0.717, 1.165) is 62.1 Å². The SMILES string of the molecule is CCc1nn(CC)c(CNCCOCCC(C)C)c1Cl. The average molecular weight is 302 g/mol. The van der Waals surface area contributed by atoms with Crippen molar-refractivity contribution in [3.63, 3.8) is 0 Å². The van der Waals surface area contributed by atoms with Crippen LogP contribution in [0.5, 0.6) is 0 Å². The Morgan fingerprint density at radius 3 is 2.65 bits per heavy atom. The summed E-state index contributed by atoms with van der Waals surface area (Å²) in [6.45, 7) is 12.6. The van der Waals surface area contributed by atoms with Crippen molar-refractivity contribution in [2.24, 2.45) is 5.92 Å². The highest BCUT2D eigenvalue weighted by Gasteiger charge is 2.13. The Labute approximate surface area is 127 Å². The second-order valence-corrected chi connectivity index (χ2v) is 5.73. The molecule has 0 saturated carbocycles. The summed E-state index contributed by atoms with van der Waals surface area (Å²) in [6, 6.07) is 0. The van der Waals surface area contributed by atoms with Gasteiger partial charge in [-0.3, -0.25) is 4.68 Å². The Balaban J connectivity index is 2.29. The van der Waals surface area contributed by atoms with Gasteiger partial charge in [-0.15, -0.1) is 0 Å². The topological polar surface area (TPSA) is 39.1 Å². The van der Waals surface area contributed by atoms with E-state index in [-0.39, 0.29) is 0 Å². The molecule has 5 heteroatoms. The minimum Gasteiger partial charge on any atom is -0.380 e. The summed E-state index contributed by atoms with van der Waals surface area (Å²) >= 11 is 6.35. The summed E-state index contributed by atoms with van der Waals surface area (Å²) in [6.07, 6.45) is 1.99. The standard InChI is InChI=1S/C15H28ClN3O/c1-5-13-15(16)14(19(6-2)18-13)11-17-8-10-20-9-7-12(3)4/h12,17H,5-11H2,1-4H3. The van der Waals surface area contributed by atoms with Gasteiger partial charge in [0.1, 0.15) is 0 Å². The van der Waals surface area contributed by atoms with E-state index in [4.69, 9.17) is 16.3 Å². The molecule has 0 saturated heterocycles. The van der Waals surface area contributed by atoms with Crippen LogP contribution < -0.4 is 5.32 Å². The van der Waals surface area contributed by atoms with Crippen molar-refractivity contribution in [2.75, 3.05) is 19.8 Å². The fourth-order valence-electron chi connectivity index (χ4n) is 1.96. The molecule has 0 fully saturated rings. The molecule has 1 aromatic heterocycles. The molecule has 0 radical (unpaired) electrons. The second kappa shape index (κ2) is 9.37. The molecule has 1 rings (SSSR count).